The molecule has 22 heavy (non-hydrogen) atoms. The molecule has 2 rings (SSSR count). The molecule has 0 aliphatic heterocycles. The van der Waals surface area contributed by atoms with Crippen LogP contribution in [-0.4, -0.2) is 31.5 Å². The van der Waals surface area contributed by atoms with Crippen molar-refractivity contribution < 1.29 is 0 Å². The van der Waals surface area contributed by atoms with Crippen LogP contribution in [-0.2, 0) is 0 Å². The van der Waals surface area contributed by atoms with Gasteiger partial charge in [-0.2, -0.15) is 0 Å². The Hall–Kier alpha value is -1.36. The maximum Gasteiger partial charge on any atom is 0.102 e. The Balaban J connectivity index is 2.27. The monoisotopic (exact) mass is 397 g/mol. The lowest BCUT2D eigenvalue weighted by Gasteiger charge is -2.06. The van der Waals surface area contributed by atoms with E-state index in [0.29, 0.717) is 21.4 Å². The number of aliphatic imine (C=N–C) groups is 2. The summed E-state index contributed by atoms with van der Waals surface area (Å²) in [6.45, 7) is 0. The molecule has 0 saturated carbocycles. The van der Waals surface area contributed by atoms with Gasteiger partial charge < -0.3 is 4.90 Å². The lowest BCUT2D eigenvalue weighted by atomic mass is 10.2. The second kappa shape index (κ2) is 7.77. The quantitative estimate of drug-likeness (QED) is 0.477. The van der Waals surface area contributed by atoms with E-state index in [1.807, 2.05) is 43.3 Å². The highest BCUT2D eigenvalue weighted by molar-refractivity contribution is 9.10. The van der Waals surface area contributed by atoms with Crippen LogP contribution in [0.15, 0.2) is 50.9 Å². The summed E-state index contributed by atoms with van der Waals surface area (Å²) >= 11 is 15.9. The van der Waals surface area contributed by atoms with Gasteiger partial charge in [-0.1, -0.05) is 51.3 Å². The first-order valence-corrected chi connectivity index (χ1v) is 8.00. The van der Waals surface area contributed by atoms with Gasteiger partial charge in [0.05, 0.1) is 22.1 Å². The molecule has 2 aromatic carbocycles. The molecule has 0 aliphatic rings. The zero-order chi connectivity index (χ0) is 16.1. The van der Waals surface area contributed by atoms with Crippen molar-refractivity contribution in [1.82, 2.24) is 4.90 Å². The number of hydrogen-bond acceptors (Lipinski definition) is 2. The van der Waals surface area contributed by atoms with Gasteiger partial charge in [-0.05, 0) is 29.8 Å². The van der Waals surface area contributed by atoms with Crippen molar-refractivity contribution in [2.24, 2.45) is 9.98 Å². The first-order chi connectivity index (χ1) is 10.5. The van der Waals surface area contributed by atoms with Gasteiger partial charge in [0.15, 0.2) is 0 Å². The lowest BCUT2D eigenvalue weighted by molar-refractivity contribution is 0.643. The Morgan fingerprint density at radius 1 is 1.05 bits per heavy atom. The fraction of sp³-hybridized carbons (Fsp3) is 0.125. The van der Waals surface area contributed by atoms with Crippen LogP contribution in [0.2, 0.25) is 10.0 Å². The van der Waals surface area contributed by atoms with E-state index in [1.165, 1.54) is 0 Å². The van der Waals surface area contributed by atoms with Crippen LogP contribution in [0.1, 0.15) is 5.56 Å². The average Bonchev–Trinajstić information content (AvgIpc) is 2.44. The van der Waals surface area contributed by atoms with Crippen molar-refractivity contribution in [3.8, 4) is 0 Å². The molecule has 0 N–H and O–H groups in total. The number of halogens is 3. The van der Waals surface area contributed by atoms with E-state index >= 15 is 0 Å². The van der Waals surface area contributed by atoms with E-state index in [4.69, 9.17) is 23.2 Å². The molecule has 0 amide bonds. The van der Waals surface area contributed by atoms with E-state index in [-0.39, 0.29) is 0 Å². The van der Waals surface area contributed by atoms with E-state index in [2.05, 4.69) is 25.9 Å². The average molecular weight is 399 g/mol. The van der Waals surface area contributed by atoms with Crippen LogP contribution in [0, 0.1) is 0 Å². The minimum atomic E-state index is 0.465. The highest BCUT2D eigenvalue weighted by Gasteiger charge is 2.06. The molecule has 0 radical (unpaired) electrons. The third-order valence-electron chi connectivity index (χ3n) is 2.63. The summed E-state index contributed by atoms with van der Waals surface area (Å²) < 4.78 is 1.00. The molecule has 0 heterocycles. The van der Waals surface area contributed by atoms with Gasteiger partial charge in [-0.3, -0.25) is 4.99 Å². The summed E-state index contributed by atoms with van der Waals surface area (Å²) in [5.41, 5.74) is 2.20. The molecule has 0 fully saturated rings. The van der Waals surface area contributed by atoms with Crippen molar-refractivity contribution in [2.45, 2.75) is 0 Å². The van der Waals surface area contributed by atoms with E-state index in [0.717, 1.165) is 10.0 Å². The summed E-state index contributed by atoms with van der Waals surface area (Å²) in [5, 5.41) is 0.930. The molecule has 0 atom stereocenters. The van der Waals surface area contributed by atoms with Crippen molar-refractivity contribution >= 4 is 63.1 Å². The van der Waals surface area contributed by atoms with Gasteiger partial charge in [-0.25, -0.2) is 4.99 Å². The SMILES string of the molecule is CN(C)C=Nc1c(Cl)cc(N=Cc2cccc(Br)c2)cc1Cl. The first kappa shape index (κ1) is 17.0. The highest BCUT2D eigenvalue weighted by Crippen LogP contribution is 2.36. The molecule has 3 nitrogen and oxygen atoms in total. The summed E-state index contributed by atoms with van der Waals surface area (Å²) in [7, 11) is 3.75. The zero-order valence-corrected chi connectivity index (χ0v) is 15.2. The largest absolute Gasteiger partial charge is 0.369 e. The van der Waals surface area contributed by atoms with Crippen LogP contribution in [0.5, 0.6) is 0 Å². The standard InChI is InChI=1S/C16H14BrCl2N3/c1-22(2)10-21-16-14(18)7-13(8-15(16)19)20-9-11-4-3-5-12(17)6-11/h3-10H,1-2H3. The van der Waals surface area contributed by atoms with Crippen LogP contribution in [0.3, 0.4) is 0 Å². The number of nitrogens with zero attached hydrogens (tertiary/aromatic N) is 3. The van der Waals surface area contributed by atoms with Gasteiger partial charge in [0.1, 0.15) is 5.69 Å². The van der Waals surface area contributed by atoms with Crippen molar-refractivity contribution in [1.29, 1.82) is 0 Å². The Morgan fingerprint density at radius 2 is 1.73 bits per heavy atom. The van der Waals surface area contributed by atoms with Crippen LogP contribution >= 0.6 is 39.1 Å². The van der Waals surface area contributed by atoms with Gasteiger partial charge in [0.2, 0.25) is 0 Å². The van der Waals surface area contributed by atoms with E-state index in [9.17, 15) is 0 Å². The third kappa shape index (κ3) is 4.83. The zero-order valence-electron chi connectivity index (χ0n) is 12.1. The Morgan fingerprint density at radius 3 is 2.32 bits per heavy atom. The van der Waals surface area contributed by atoms with Gasteiger partial charge >= 0.3 is 0 Å². The molecule has 0 spiro atoms. The number of hydrogen-bond donors (Lipinski definition) is 0. The van der Waals surface area contributed by atoms with Crippen molar-refractivity contribution in [2.75, 3.05) is 14.1 Å². The predicted molar refractivity (Wildman–Crippen MR) is 99.7 cm³/mol. The Bertz CT molecular complexity index is 704. The predicted octanol–water partition coefficient (Wildman–Crippen LogP) is 5.73. The molecule has 0 aromatic heterocycles. The number of benzene rings is 2. The minimum Gasteiger partial charge on any atom is -0.369 e. The number of rotatable bonds is 4. The lowest BCUT2D eigenvalue weighted by Crippen LogP contribution is -2.07. The van der Waals surface area contributed by atoms with Crippen LogP contribution < -0.4 is 0 Å². The molecular weight excluding hydrogens is 385 g/mol. The summed E-state index contributed by atoms with van der Waals surface area (Å²) in [6.07, 6.45) is 3.41. The summed E-state index contributed by atoms with van der Waals surface area (Å²) in [5.74, 6) is 0. The Labute approximate surface area is 148 Å². The van der Waals surface area contributed by atoms with E-state index in [1.54, 1.807) is 24.7 Å². The van der Waals surface area contributed by atoms with Gasteiger partial charge in [0, 0.05) is 24.8 Å². The molecule has 0 aliphatic carbocycles. The Kier molecular flexibility index (Phi) is 6.00. The molecule has 6 heteroatoms. The summed E-state index contributed by atoms with van der Waals surface area (Å²) in [4.78, 5) is 10.5. The molecule has 0 unspecified atom stereocenters. The van der Waals surface area contributed by atoms with E-state index < -0.39 is 0 Å². The summed E-state index contributed by atoms with van der Waals surface area (Å²) in [6, 6.07) is 11.3. The second-order valence-electron chi connectivity index (χ2n) is 4.78. The van der Waals surface area contributed by atoms with Gasteiger partial charge in [0.25, 0.3) is 0 Å². The highest BCUT2D eigenvalue weighted by atomic mass is 79.9. The molecule has 114 valence electrons. The van der Waals surface area contributed by atoms with Gasteiger partial charge in [-0.15, -0.1) is 0 Å². The van der Waals surface area contributed by atoms with Crippen LogP contribution in [0.4, 0.5) is 11.4 Å². The molecular formula is C16H14BrCl2N3. The fourth-order valence-electron chi connectivity index (χ4n) is 1.66. The second-order valence-corrected chi connectivity index (χ2v) is 6.51. The molecule has 0 bridgehead atoms. The maximum atomic E-state index is 6.23. The van der Waals surface area contributed by atoms with Crippen LogP contribution in [0.25, 0.3) is 0 Å². The van der Waals surface area contributed by atoms with Crippen molar-refractivity contribution in [3.05, 3.63) is 56.5 Å². The third-order valence-corrected chi connectivity index (χ3v) is 3.70. The topological polar surface area (TPSA) is 28.0 Å². The smallest absolute Gasteiger partial charge is 0.102 e. The maximum absolute atomic E-state index is 6.23. The molecule has 2 aromatic rings. The molecule has 0 saturated heterocycles. The van der Waals surface area contributed by atoms with Crippen molar-refractivity contribution in [3.63, 3.8) is 0 Å². The normalized spacial score (nSPS) is 11.5. The fourth-order valence-corrected chi connectivity index (χ4v) is 2.65. The minimum absolute atomic E-state index is 0.465. The first-order valence-electron chi connectivity index (χ1n) is 6.45.